The SMILES string of the molecule is CCCCOc1ccc(CN2CC[C@@H](O)[C@H](O)[C@H]2CO)cc1. The summed E-state index contributed by atoms with van der Waals surface area (Å²) in [6.45, 7) is 4.02. The number of piperidine rings is 1. The topological polar surface area (TPSA) is 73.2 Å². The highest BCUT2D eigenvalue weighted by molar-refractivity contribution is 5.27. The van der Waals surface area contributed by atoms with E-state index >= 15 is 0 Å². The van der Waals surface area contributed by atoms with Gasteiger partial charge < -0.3 is 20.1 Å². The van der Waals surface area contributed by atoms with E-state index in [1.807, 2.05) is 29.2 Å². The fourth-order valence-corrected chi connectivity index (χ4v) is 2.79. The zero-order valence-electron chi connectivity index (χ0n) is 13.2. The fraction of sp³-hybridized carbons (Fsp3) is 0.647. The van der Waals surface area contributed by atoms with E-state index in [1.54, 1.807) is 0 Å². The summed E-state index contributed by atoms with van der Waals surface area (Å²) in [4.78, 5) is 2.02. The van der Waals surface area contributed by atoms with Gasteiger partial charge in [-0.3, -0.25) is 4.90 Å². The first kappa shape index (κ1) is 17.2. The molecular formula is C17H27NO4. The van der Waals surface area contributed by atoms with Crippen molar-refractivity contribution in [3.8, 4) is 5.75 Å². The second-order valence-electron chi connectivity index (χ2n) is 5.91. The summed E-state index contributed by atoms with van der Waals surface area (Å²) >= 11 is 0. The maximum Gasteiger partial charge on any atom is 0.119 e. The Morgan fingerprint density at radius 2 is 1.95 bits per heavy atom. The summed E-state index contributed by atoms with van der Waals surface area (Å²) in [7, 11) is 0. The van der Waals surface area contributed by atoms with Crippen LogP contribution >= 0.6 is 0 Å². The Morgan fingerprint density at radius 1 is 1.23 bits per heavy atom. The van der Waals surface area contributed by atoms with Gasteiger partial charge in [-0.25, -0.2) is 0 Å². The molecular weight excluding hydrogens is 282 g/mol. The van der Waals surface area contributed by atoms with Crippen molar-refractivity contribution in [1.82, 2.24) is 4.90 Å². The summed E-state index contributed by atoms with van der Waals surface area (Å²) in [5.74, 6) is 0.866. The number of aliphatic hydroxyl groups excluding tert-OH is 3. The zero-order chi connectivity index (χ0) is 15.9. The lowest BCUT2D eigenvalue weighted by Crippen LogP contribution is -2.55. The maximum atomic E-state index is 9.98. The highest BCUT2D eigenvalue weighted by atomic mass is 16.5. The second-order valence-corrected chi connectivity index (χ2v) is 5.91. The standard InChI is InChI=1S/C17H27NO4/c1-2-3-10-22-14-6-4-13(5-7-14)11-18-9-8-16(20)17(21)15(18)12-19/h4-7,15-17,19-21H,2-3,8-12H2,1H3/t15-,16-,17-/m1/s1. The van der Waals surface area contributed by atoms with Crippen molar-refractivity contribution < 1.29 is 20.1 Å². The summed E-state index contributed by atoms with van der Waals surface area (Å²) in [5, 5.41) is 29.1. The third-order valence-electron chi connectivity index (χ3n) is 4.23. The van der Waals surface area contributed by atoms with Crippen LogP contribution in [0, 0.1) is 0 Å². The van der Waals surface area contributed by atoms with Gasteiger partial charge in [0.25, 0.3) is 0 Å². The third-order valence-corrected chi connectivity index (χ3v) is 4.23. The number of hydrogen-bond donors (Lipinski definition) is 3. The van der Waals surface area contributed by atoms with Gasteiger partial charge in [-0.15, -0.1) is 0 Å². The monoisotopic (exact) mass is 309 g/mol. The smallest absolute Gasteiger partial charge is 0.119 e. The van der Waals surface area contributed by atoms with E-state index in [4.69, 9.17) is 4.74 Å². The highest BCUT2D eigenvalue weighted by Gasteiger charge is 2.35. The Morgan fingerprint density at radius 3 is 2.59 bits per heavy atom. The van der Waals surface area contributed by atoms with Crippen LogP contribution in [-0.2, 0) is 6.54 Å². The molecule has 0 amide bonds. The Labute approximate surface area is 132 Å². The minimum atomic E-state index is -0.893. The minimum Gasteiger partial charge on any atom is -0.494 e. The van der Waals surface area contributed by atoms with E-state index in [0.29, 0.717) is 19.5 Å². The van der Waals surface area contributed by atoms with Gasteiger partial charge >= 0.3 is 0 Å². The molecule has 0 aliphatic carbocycles. The number of likely N-dealkylation sites (tertiary alicyclic amines) is 1. The van der Waals surface area contributed by atoms with Crippen molar-refractivity contribution in [3.63, 3.8) is 0 Å². The van der Waals surface area contributed by atoms with Gasteiger partial charge in [0.1, 0.15) is 5.75 Å². The van der Waals surface area contributed by atoms with Gasteiger partial charge in [-0.1, -0.05) is 25.5 Å². The lowest BCUT2D eigenvalue weighted by Gasteiger charge is -2.40. The van der Waals surface area contributed by atoms with E-state index in [1.165, 1.54) is 0 Å². The normalized spacial score (nSPS) is 26.1. The predicted molar refractivity (Wildman–Crippen MR) is 84.8 cm³/mol. The van der Waals surface area contributed by atoms with Gasteiger partial charge in [-0.2, -0.15) is 0 Å². The van der Waals surface area contributed by atoms with Crippen LogP contribution in [0.2, 0.25) is 0 Å². The molecule has 124 valence electrons. The van der Waals surface area contributed by atoms with Crippen LogP contribution in [0.25, 0.3) is 0 Å². The van der Waals surface area contributed by atoms with Gasteiger partial charge in [-0.05, 0) is 30.5 Å². The number of aliphatic hydroxyl groups is 3. The minimum absolute atomic E-state index is 0.156. The van der Waals surface area contributed by atoms with Gasteiger partial charge in [0.2, 0.25) is 0 Å². The molecule has 0 aromatic heterocycles. The maximum absolute atomic E-state index is 9.98. The first-order valence-corrected chi connectivity index (χ1v) is 8.08. The summed E-state index contributed by atoms with van der Waals surface area (Å²) in [5.41, 5.74) is 1.10. The molecule has 3 atom stereocenters. The van der Waals surface area contributed by atoms with E-state index in [0.717, 1.165) is 30.8 Å². The summed E-state index contributed by atoms with van der Waals surface area (Å²) in [6, 6.07) is 7.51. The molecule has 0 saturated carbocycles. The second kappa shape index (κ2) is 8.48. The molecule has 0 bridgehead atoms. The lowest BCUT2D eigenvalue weighted by molar-refractivity contribution is -0.0920. The van der Waals surface area contributed by atoms with Crippen LogP contribution < -0.4 is 4.74 Å². The average Bonchev–Trinajstić information content (AvgIpc) is 2.53. The van der Waals surface area contributed by atoms with Crippen molar-refractivity contribution in [2.75, 3.05) is 19.8 Å². The van der Waals surface area contributed by atoms with Crippen molar-refractivity contribution >= 4 is 0 Å². The molecule has 2 rings (SSSR count). The molecule has 0 spiro atoms. The first-order chi connectivity index (χ1) is 10.7. The van der Waals surface area contributed by atoms with E-state index in [9.17, 15) is 15.3 Å². The number of ether oxygens (including phenoxy) is 1. The molecule has 1 aromatic carbocycles. The van der Waals surface area contributed by atoms with Gasteiger partial charge in [0.05, 0.1) is 31.5 Å². The van der Waals surface area contributed by atoms with E-state index < -0.39 is 18.2 Å². The van der Waals surface area contributed by atoms with Gasteiger partial charge in [0.15, 0.2) is 0 Å². The van der Waals surface area contributed by atoms with Crippen molar-refractivity contribution in [2.24, 2.45) is 0 Å². The Bertz CT molecular complexity index is 437. The molecule has 0 radical (unpaired) electrons. The Kier molecular flexibility index (Phi) is 6.64. The molecule has 1 aliphatic heterocycles. The van der Waals surface area contributed by atoms with Crippen molar-refractivity contribution in [2.45, 2.75) is 51.0 Å². The zero-order valence-corrected chi connectivity index (χ0v) is 13.2. The Hall–Kier alpha value is -1.14. The van der Waals surface area contributed by atoms with Crippen molar-refractivity contribution in [3.05, 3.63) is 29.8 Å². The van der Waals surface area contributed by atoms with Gasteiger partial charge in [0, 0.05) is 13.1 Å². The molecule has 22 heavy (non-hydrogen) atoms. The summed E-state index contributed by atoms with van der Waals surface area (Å²) < 4.78 is 5.64. The molecule has 1 fully saturated rings. The van der Waals surface area contributed by atoms with E-state index in [-0.39, 0.29) is 6.61 Å². The number of unbranched alkanes of at least 4 members (excludes halogenated alkanes) is 1. The predicted octanol–water partition coefficient (Wildman–Crippen LogP) is 1.15. The molecule has 3 N–H and O–H groups in total. The summed E-state index contributed by atoms with van der Waals surface area (Å²) in [6.07, 6.45) is 1.05. The average molecular weight is 309 g/mol. The molecule has 1 aromatic rings. The quantitative estimate of drug-likeness (QED) is 0.659. The van der Waals surface area contributed by atoms with Crippen molar-refractivity contribution in [1.29, 1.82) is 0 Å². The highest BCUT2D eigenvalue weighted by Crippen LogP contribution is 2.21. The van der Waals surface area contributed by atoms with Crippen LogP contribution in [0.15, 0.2) is 24.3 Å². The fourth-order valence-electron chi connectivity index (χ4n) is 2.79. The van der Waals surface area contributed by atoms with E-state index in [2.05, 4.69) is 6.92 Å². The third kappa shape index (κ3) is 4.43. The van der Waals surface area contributed by atoms with Crippen LogP contribution in [0.1, 0.15) is 31.7 Å². The van der Waals surface area contributed by atoms with Crippen LogP contribution in [-0.4, -0.2) is 58.2 Å². The van der Waals surface area contributed by atoms with Crippen LogP contribution in [0.3, 0.4) is 0 Å². The molecule has 1 aliphatic rings. The number of hydrogen-bond acceptors (Lipinski definition) is 5. The number of benzene rings is 1. The Balaban J connectivity index is 1.92. The number of nitrogens with zero attached hydrogens (tertiary/aromatic N) is 1. The van der Waals surface area contributed by atoms with Crippen LogP contribution in [0.5, 0.6) is 5.75 Å². The molecule has 5 nitrogen and oxygen atoms in total. The largest absolute Gasteiger partial charge is 0.494 e. The molecule has 1 heterocycles. The molecule has 0 unspecified atom stereocenters. The van der Waals surface area contributed by atoms with Crippen LogP contribution in [0.4, 0.5) is 0 Å². The molecule has 1 saturated heterocycles. The first-order valence-electron chi connectivity index (χ1n) is 8.08. The lowest BCUT2D eigenvalue weighted by atomic mass is 9.96. The molecule has 5 heteroatoms. The number of rotatable bonds is 7.